The molecule has 1 aliphatic heterocycles. The van der Waals surface area contributed by atoms with Gasteiger partial charge in [0.15, 0.2) is 5.78 Å². The molecule has 0 radical (unpaired) electrons. The lowest BCUT2D eigenvalue weighted by Gasteiger charge is -2.32. The smallest absolute Gasteiger partial charge is 0.198 e. The number of ketones is 1. The maximum atomic E-state index is 13.3. The Hall–Kier alpha value is -2.76. The number of H-pyrrole nitrogens is 1. The van der Waals surface area contributed by atoms with E-state index in [1.807, 2.05) is 11.4 Å². The molecule has 1 aliphatic carbocycles. The summed E-state index contributed by atoms with van der Waals surface area (Å²) in [5, 5.41) is 9.57. The number of benzene rings is 1. The van der Waals surface area contributed by atoms with Gasteiger partial charge in [0, 0.05) is 61.9 Å². The number of rotatable bonds is 4. The van der Waals surface area contributed by atoms with E-state index in [1.54, 1.807) is 18.4 Å². The second-order valence-electron chi connectivity index (χ2n) is 8.05. The minimum Gasteiger partial charge on any atom is -0.372 e. The number of piperazine rings is 1. The maximum absolute atomic E-state index is 13.3. The van der Waals surface area contributed by atoms with Crippen molar-refractivity contribution in [1.29, 1.82) is 0 Å². The first-order valence-electron chi connectivity index (χ1n) is 10.4. The lowest BCUT2D eigenvalue weighted by atomic mass is 10.0. The molecule has 0 spiro atoms. The van der Waals surface area contributed by atoms with Crippen LogP contribution in [0.25, 0.3) is 22.5 Å². The summed E-state index contributed by atoms with van der Waals surface area (Å²) in [6.45, 7) is 5.56. The van der Waals surface area contributed by atoms with Crippen molar-refractivity contribution in [2.24, 2.45) is 0 Å². The van der Waals surface area contributed by atoms with E-state index in [4.69, 9.17) is 4.74 Å². The second-order valence-corrected chi connectivity index (χ2v) is 8.96. The lowest BCUT2D eigenvalue weighted by molar-refractivity contribution is 0.104. The number of carbonyl (C=O) groups excluding carboxylic acids is 1. The Kier molecular flexibility index (Phi) is 5.47. The van der Waals surface area contributed by atoms with E-state index in [0.29, 0.717) is 17.9 Å². The molecular weight excluding hydrogens is 408 g/mol. The predicted molar refractivity (Wildman–Crippen MR) is 122 cm³/mol. The minimum atomic E-state index is 0.0483. The number of fused-ring (bicyclic) bond motifs is 3. The number of methoxy groups -OCH3 is 1. The zero-order valence-electron chi connectivity index (χ0n) is 17.7. The van der Waals surface area contributed by atoms with Crippen molar-refractivity contribution in [1.82, 2.24) is 20.0 Å². The van der Waals surface area contributed by atoms with E-state index in [2.05, 4.69) is 57.1 Å². The third-order valence-corrected chi connectivity index (χ3v) is 6.74. The molecule has 0 atom stereocenters. The number of aromatic nitrogens is 2. The highest BCUT2D eigenvalue weighted by atomic mass is 32.1. The van der Waals surface area contributed by atoms with Crippen LogP contribution in [0.2, 0.25) is 0 Å². The van der Waals surface area contributed by atoms with Crippen LogP contribution in [0.4, 0.5) is 0 Å². The van der Waals surface area contributed by atoms with Crippen molar-refractivity contribution in [2.45, 2.75) is 6.54 Å². The van der Waals surface area contributed by atoms with Crippen LogP contribution >= 0.6 is 11.3 Å². The Morgan fingerprint density at radius 2 is 2.03 bits per heavy atom. The second kappa shape index (κ2) is 8.40. The van der Waals surface area contributed by atoms with E-state index in [1.165, 1.54) is 5.56 Å². The fraction of sp³-hybridized carbons (Fsp3) is 0.333. The molecule has 2 aromatic heterocycles. The van der Waals surface area contributed by atoms with Gasteiger partial charge < -0.3 is 9.64 Å². The summed E-state index contributed by atoms with van der Waals surface area (Å²) in [4.78, 5) is 19.1. The van der Waals surface area contributed by atoms with Gasteiger partial charge >= 0.3 is 0 Å². The highest BCUT2D eigenvalue weighted by Crippen LogP contribution is 2.41. The Morgan fingerprint density at radius 3 is 2.84 bits per heavy atom. The number of ether oxygens (including phenoxy) is 1. The largest absolute Gasteiger partial charge is 0.372 e. The maximum Gasteiger partial charge on any atom is 0.198 e. The van der Waals surface area contributed by atoms with Gasteiger partial charge in [0.05, 0.1) is 16.1 Å². The molecule has 1 saturated heterocycles. The fourth-order valence-electron chi connectivity index (χ4n) is 4.18. The van der Waals surface area contributed by atoms with Crippen molar-refractivity contribution in [3.63, 3.8) is 0 Å². The molecule has 158 valence electrons. The quantitative estimate of drug-likeness (QED) is 0.502. The molecule has 0 saturated carbocycles. The van der Waals surface area contributed by atoms with Crippen molar-refractivity contribution >= 4 is 17.1 Å². The number of hydrogen-bond acceptors (Lipinski definition) is 6. The van der Waals surface area contributed by atoms with E-state index in [9.17, 15) is 4.79 Å². The Morgan fingerprint density at radius 1 is 1.19 bits per heavy atom. The van der Waals surface area contributed by atoms with Gasteiger partial charge in [0.2, 0.25) is 0 Å². The van der Waals surface area contributed by atoms with Crippen LogP contribution in [0.5, 0.6) is 0 Å². The van der Waals surface area contributed by atoms with Gasteiger partial charge in [-0.15, -0.1) is 11.3 Å². The summed E-state index contributed by atoms with van der Waals surface area (Å²) in [6, 6.07) is 8.23. The molecule has 7 heteroatoms. The van der Waals surface area contributed by atoms with Crippen molar-refractivity contribution in [3.8, 4) is 34.4 Å². The first kappa shape index (κ1) is 20.2. The fourth-order valence-corrected chi connectivity index (χ4v) is 4.94. The molecular formula is C24H24N4O2S. The number of likely N-dealkylation sites (N-methyl/N-ethyl adjacent to an activating group) is 1. The summed E-state index contributed by atoms with van der Waals surface area (Å²) in [7, 11) is 3.79. The average molecular weight is 433 g/mol. The van der Waals surface area contributed by atoms with Crippen LogP contribution < -0.4 is 0 Å². The third-order valence-electron chi connectivity index (χ3n) is 5.89. The van der Waals surface area contributed by atoms with Crippen LogP contribution in [-0.2, 0) is 11.3 Å². The van der Waals surface area contributed by atoms with E-state index in [0.717, 1.165) is 60.0 Å². The molecule has 5 rings (SSSR count). The SMILES string of the molecule is COCC#Cc1cc(-c2n[nH]c3c2C(=O)c2cc(CN4CCN(C)CC4)ccc2-3)cs1. The molecule has 3 aromatic rings. The monoisotopic (exact) mass is 432 g/mol. The summed E-state index contributed by atoms with van der Waals surface area (Å²) >= 11 is 1.55. The van der Waals surface area contributed by atoms with E-state index >= 15 is 0 Å². The number of aromatic amines is 1. The first-order valence-corrected chi connectivity index (χ1v) is 11.3. The van der Waals surface area contributed by atoms with Gasteiger partial charge in [-0.3, -0.25) is 14.8 Å². The number of nitrogens with one attached hydrogen (secondary N) is 1. The zero-order chi connectivity index (χ0) is 21.4. The summed E-state index contributed by atoms with van der Waals surface area (Å²) in [5.41, 5.74) is 6.00. The molecule has 0 bridgehead atoms. The first-order chi connectivity index (χ1) is 15.1. The van der Waals surface area contributed by atoms with Crippen molar-refractivity contribution < 1.29 is 9.53 Å². The number of nitrogens with zero attached hydrogens (tertiary/aromatic N) is 3. The average Bonchev–Trinajstić information content (AvgIpc) is 3.47. The summed E-state index contributed by atoms with van der Waals surface area (Å²) < 4.78 is 4.98. The number of thiophene rings is 1. The molecule has 1 N–H and O–H groups in total. The van der Waals surface area contributed by atoms with Crippen molar-refractivity contribution in [2.75, 3.05) is 46.9 Å². The van der Waals surface area contributed by atoms with Crippen molar-refractivity contribution in [3.05, 3.63) is 51.2 Å². The van der Waals surface area contributed by atoms with Gasteiger partial charge in [-0.05, 0) is 24.7 Å². The van der Waals surface area contributed by atoms with Gasteiger partial charge in [0.1, 0.15) is 12.3 Å². The van der Waals surface area contributed by atoms with Crippen LogP contribution in [0.1, 0.15) is 26.4 Å². The molecule has 31 heavy (non-hydrogen) atoms. The molecule has 6 nitrogen and oxygen atoms in total. The molecule has 1 fully saturated rings. The third kappa shape index (κ3) is 3.84. The van der Waals surface area contributed by atoms with Gasteiger partial charge in [-0.1, -0.05) is 24.0 Å². The molecule has 1 aromatic carbocycles. The lowest BCUT2D eigenvalue weighted by Crippen LogP contribution is -2.43. The number of carbonyl (C=O) groups is 1. The van der Waals surface area contributed by atoms with Gasteiger partial charge in [-0.2, -0.15) is 5.10 Å². The molecule has 0 unspecified atom stereocenters. The molecule has 2 aliphatic rings. The summed E-state index contributed by atoms with van der Waals surface area (Å²) in [6.07, 6.45) is 0. The Balaban J connectivity index is 1.40. The summed E-state index contributed by atoms with van der Waals surface area (Å²) in [5.74, 6) is 6.10. The number of hydrogen-bond donors (Lipinski definition) is 1. The Bertz CT molecular complexity index is 1190. The highest BCUT2D eigenvalue weighted by molar-refractivity contribution is 7.11. The standard InChI is InChI=1S/C24H24N4O2S/c1-27-7-9-28(10-8-27)14-16-5-6-19-20(12-16)24(29)21-22(25-26-23(19)21)17-13-18(31-15-17)4-3-11-30-2/h5-6,12-13,15H,7-11,14H2,1-2H3,(H,25,26). The van der Waals surface area contributed by atoms with Crippen LogP contribution in [0, 0.1) is 11.8 Å². The van der Waals surface area contributed by atoms with Crippen LogP contribution in [-0.4, -0.2) is 72.7 Å². The van der Waals surface area contributed by atoms with Crippen LogP contribution in [0.3, 0.4) is 0 Å². The molecule has 3 heterocycles. The van der Waals surface area contributed by atoms with Crippen LogP contribution in [0.15, 0.2) is 29.6 Å². The van der Waals surface area contributed by atoms with E-state index < -0.39 is 0 Å². The predicted octanol–water partition coefficient (Wildman–Crippen LogP) is 3.09. The van der Waals surface area contributed by atoms with Gasteiger partial charge in [-0.25, -0.2) is 0 Å². The minimum absolute atomic E-state index is 0.0483. The Labute approximate surface area is 185 Å². The molecule has 0 amide bonds. The highest BCUT2D eigenvalue weighted by Gasteiger charge is 2.33. The van der Waals surface area contributed by atoms with Gasteiger partial charge in [0.25, 0.3) is 0 Å². The topological polar surface area (TPSA) is 61.5 Å². The van der Waals surface area contributed by atoms with E-state index in [-0.39, 0.29) is 5.78 Å². The normalized spacial score (nSPS) is 16.1. The zero-order valence-corrected chi connectivity index (χ0v) is 18.5.